The molecule has 1 saturated carbocycles. The van der Waals surface area contributed by atoms with E-state index in [-0.39, 0.29) is 5.91 Å². The SMILES string of the molecule is CCN(C(=O)c1cc(Br)cnc1NN)C1CCCC1. The highest BCUT2D eigenvalue weighted by Gasteiger charge is 2.27. The summed E-state index contributed by atoms with van der Waals surface area (Å²) in [6.45, 7) is 2.72. The van der Waals surface area contributed by atoms with Crippen molar-refractivity contribution in [2.24, 2.45) is 5.84 Å². The zero-order chi connectivity index (χ0) is 13.8. The number of rotatable bonds is 4. The Morgan fingerprint density at radius 3 is 2.84 bits per heavy atom. The second-order valence-electron chi connectivity index (χ2n) is 4.72. The van der Waals surface area contributed by atoms with E-state index in [4.69, 9.17) is 5.84 Å². The monoisotopic (exact) mass is 326 g/mol. The summed E-state index contributed by atoms with van der Waals surface area (Å²) >= 11 is 3.35. The van der Waals surface area contributed by atoms with E-state index in [1.54, 1.807) is 12.3 Å². The molecule has 19 heavy (non-hydrogen) atoms. The summed E-state index contributed by atoms with van der Waals surface area (Å²) in [6, 6.07) is 2.12. The Morgan fingerprint density at radius 1 is 1.58 bits per heavy atom. The van der Waals surface area contributed by atoms with Gasteiger partial charge in [0.2, 0.25) is 0 Å². The van der Waals surface area contributed by atoms with Gasteiger partial charge in [0, 0.05) is 23.3 Å². The fraction of sp³-hybridized carbons (Fsp3) is 0.538. The van der Waals surface area contributed by atoms with Crippen molar-refractivity contribution in [2.75, 3.05) is 12.0 Å². The van der Waals surface area contributed by atoms with Crippen LogP contribution in [0.4, 0.5) is 5.82 Å². The minimum absolute atomic E-state index is 0.00356. The Balaban J connectivity index is 2.28. The van der Waals surface area contributed by atoms with Gasteiger partial charge in [0.25, 0.3) is 5.91 Å². The van der Waals surface area contributed by atoms with Gasteiger partial charge in [-0.15, -0.1) is 0 Å². The largest absolute Gasteiger partial charge is 0.336 e. The van der Waals surface area contributed by atoms with E-state index < -0.39 is 0 Å². The number of halogens is 1. The van der Waals surface area contributed by atoms with Crippen LogP contribution in [-0.2, 0) is 0 Å². The standard InChI is InChI=1S/C13H19BrN4O/c1-2-18(10-5-3-4-6-10)13(19)11-7-9(14)8-16-12(11)17-15/h7-8,10H,2-6,15H2,1H3,(H,16,17). The molecule has 0 aliphatic heterocycles. The van der Waals surface area contributed by atoms with Gasteiger partial charge in [-0.3, -0.25) is 4.79 Å². The average Bonchev–Trinajstić information content (AvgIpc) is 2.93. The number of anilines is 1. The van der Waals surface area contributed by atoms with Crippen molar-refractivity contribution >= 4 is 27.7 Å². The van der Waals surface area contributed by atoms with Gasteiger partial charge in [-0.2, -0.15) is 0 Å². The number of amides is 1. The highest BCUT2D eigenvalue weighted by molar-refractivity contribution is 9.10. The van der Waals surface area contributed by atoms with Crippen LogP contribution in [0, 0.1) is 0 Å². The molecule has 6 heteroatoms. The molecule has 2 rings (SSSR count). The number of nitrogens with one attached hydrogen (secondary N) is 1. The summed E-state index contributed by atoms with van der Waals surface area (Å²) in [7, 11) is 0. The highest BCUT2D eigenvalue weighted by atomic mass is 79.9. The lowest BCUT2D eigenvalue weighted by molar-refractivity contribution is 0.0694. The van der Waals surface area contributed by atoms with Gasteiger partial charge < -0.3 is 10.3 Å². The van der Waals surface area contributed by atoms with Gasteiger partial charge in [-0.1, -0.05) is 12.8 Å². The van der Waals surface area contributed by atoms with Crippen LogP contribution in [0.1, 0.15) is 43.0 Å². The molecule has 104 valence electrons. The molecule has 1 aliphatic carbocycles. The lowest BCUT2D eigenvalue weighted by Crippen LogP contribution is -2.39. The van der Waals surface area contributed by atoms with E-state index in [1.165, 1.54) is 12.8 Å². The second-order valence-corrected chi connectivity index (χ2v) is 5.64. The van der Waals surface area contributed by atoms with Gasteiger partial charge in [0.05, 0.1) is 5.56 Å². The topological polar surface area (TPSA) is 71.2 Å². The quantitative estimate of drug-likeness (QED) is 0.658. The van der Waals surface area contributed by atoms with E-state index in [0.717, 1.165) is 17.3 Å². The van der Waals surface area contributed by atoms with E-state index in [1.807, 2.05) is 11.8 Å². The number of pyridine rings is 1. The third-order valence-electron chi connectivity index (χ3n) is 3.59. The van der Waals surface area contributed by atoms with Gasteiger partial charge in [-0.05, 0) is 41.8 Å². The van der Waals surface area contributed by atoms with Crippen molar-refractivity contribution in [3.63, 3.8) is 0 Å². The number of nitrogens with zero attached hydrogens (tertiary/aromatic N) is 2. The highest BCUT2D eigenvalue weighted by Crippen LogP contribution is 2.26. The molecule has 0 spiro atoms. The van der Waals surface area contributed by atoms with E-state index in [2.05, 4.69) is 26.3 Å². The zero-order valence-electron chi connectivity index (χ0n) is 11.0. The van der Waals surface area contributed by atoms with Gasteiger partial charge in [0.15, 0.2) is 5.82 Å². The molecule has 1 aliphatic rings. The molecule has 0 saturated heterocycles. The maximum Gasteiger partial charge on any atom is 0.257 e. The van der Waals surface area contributed by atoms with E-state index >= 15 is 0 Å². The normalized spacial score (nSPS) is 15.5. The molecule has 0 atom stereocenters. The Labute approximate surface area is 121 Å². The molecule has 5 nitrogen and oxygen atoms in total. The first kappa shape index (κ1) is 14.3. The first-order chi connectivity index (χ1) is 9.17. The van der Waals surface area contributed by atoms with Crippen molar-refractivity contribution in [3.05, 3.63) is 22.3 Å². The summed E-state index contributed by atoms with van der Waals surface area (Å²) in [5.41, 5.74) is 3.01. The molecule has 0 radical (unpaired) electrons. The molecule has 1 aromatic heterocycles. The molecule has 1 amide bonds. The van der Waals surface area contributed by atoms with Crippen LogP contribution in [0.25, 0.3) is 0 Å². The minimum atomic E-state index is -0.00356. The lowest BCUT2D eigenvalue weighted by Gasteiger charge is -2.28. The van der Waals surface area contributed by atoms with Crippen LogP contribution in [0.5, 0.6) is 0 Å². The first-order valence-electron chi connectivity index (χ1n) is 6.60. The number of carbonyl (C=O) groups excluding carboxylic acids is 1. The van der Waals surface area contributed by atoms with Crippen LogP contribution < -0.4 is 11.3 Å². The summed E-state index contributed by atoms with van der Waals surface area (Å²) in [5.74, 6) is 5.85. The molecule has 0 bridgehead atoms. The third kappa shape index (κ3) is 3.06. The Morgan fingerprint density at radius 2 is 2.26 bits per heavy atom. The maximum atomic E-state index is 12.7. The van der Waals surface area contributed by atoms with Crippen LogP contribution in [0.2, 0.25) is 0 Å². The van der Waals surface area contributed by atoms with Crippen LogP contribution in [0.15, 0.2) is 16.7 Å². The van der Waals surface area contributed by atoms with Crippen molar-refractivity contribution in [1.29, 1.82) is 0 Å². The summed E-state index contributed by atoms with van der Waals surface area (Å²) in [6.07, 6.45) is 6.21. The minimum Gasteiger partial charge on any atom is -0.336 e. The Bertz CT molecular complexity index is 460. The van der Waals surface area contributed by atoms with Crippen molar-refractivity contribution in [3.8, 4) is 0 Å². The van der Waals surface area contributed by atoms with Crippen LogP contribution in [0.3, 0.4) is 0 Å². The Kier molecular flexibility index (Phi) is 4.76. The number of nitrogen functional groups attached to an aromatic ring is 1. The predicted molar refractivity (Wildman–Crippen MR) is 78.7 cm³/mol. The average molecular weight is 327 g/mol. The van der Waals surface area contributed by atoms with Crippen molar-refractivity contribution in [1.82, 2.24) is 9.88 Å². The van der Waals surface area contributed by atoms with Gasteiger partial charge >= 0.3 is 0 Å². The molecular weight excluding hydrogens is 308 g/mol. The second kappa shape index (κ2) is 6.34. The fourth-order valence-electron chi connectivity index (χ4n) is 2.66. The summed E-state index contributed by atoms with van der Waals surface area (Å²) in [4.78, 5) is 18.7. The van der Waals surface area contributed by atoms with Crippen LogP contribution in [-0.4, -0.2) is 28.4 Å². The third-order valence-corrected chi connectivity index (χ3v) is 4.02. The molecule has 0 aromatic carbocycles. The van der Waals surface area contributed by atoms with E-state index in [0.29, 0.717) is 24.0 Å². The molecular formula is C13H19BrN4O. The fourth-order valence-corrected chi connectivity index (χ4v) is 2.99. The number of nitrogens with two attached hydrogens (primary N) is 1. The van der Waals surface area contributed by atoms with Crippen molar-refractivity contribution < 1.29 is 4.79 Å². The van der Waals surface area contributed by atoms with Gasteiger partial charge in [-0.25, -0.2) is 10.8 Å². The molecule has 3 N–H and O–H groups in total. The number of hydrogen-bond donors (Lipinski definition) is 2. The van der Waals surface area contributed by atoms with Gasteiger partial charge in [0.1, 0.15) is 0 Å². The van der Waals surface area contributed by atoms with E-state index in [9.17, 15) is 4.79 Å². The van der Waals surface area contributed by atoms with Crippen molar-refractivity contribution in [2.45, 2.75) is 38.6 Å². The molecule has 1 fully saturated rings. The molecule has 1 heterocycles. The predicted octanol–water partition coefficient (Wildman–Crippen LogP) is 2.53. The van der Waals surface area contributed by atoms with Crippen LogP contribution >= 0.6 is 15.9 Å². The number of aromatic nitrogens is 1. The number of hydrogen-bond acceptors (Lipinski definition) is 4. The first-order valence-corrected chi connectivity index (χ1v) is 7.39. The number of carbonyl (C=O) groups is 1. The Hall–Kier alpha value is -1.14. The maximum absolute atomic E-state index is 12.7. The molecule has 0 unspecified atom stereocenters. The lowest BCUT2D eigenvalue weighted by atomic mass is 10.1. The molecule has 1 aromatic rings. The zero-order valence-corrected chi connectivity index (χ0v) is 12.6. The number of hydrazine groups is 1. The summed E-state index contributed by atoms with van der Waals surface area (Å²) < 4.78 is 0.775. The summed E-state index contributed by atoms with van der Waals surface area (Å²) in [5, 5.41) is 0. The smallest absolute Gasteiger partial charge is 0.257 e.